The van der Waals surface area contributed by atoms with Crippen molar-refractivity contribution in [2.45, 2.75) is 166 Å². The van der Waals surface area contributed by atoms with Gasteiger partial charge in [-0.25, -0.2) is 4.79 Å². The van der Waals surface area contributed by atoms with Crippen molar-refractivity contribution in [2.24, 2.45) is 41.4 Å². The number of ketones is 3. The van der Waals surface area contributed by atoms with Crippen molar-refractivity contribution < 1.29 is 62.4 Å². The summed E-state index contributed by atoms with van der Waals surface area (Å²) in [5, 5.41) is 23.5. The highest BCUT2D eigenvalue weighted by molar-refractivity contribution is 7.44. The lowest BCUT2D eigenvalue weighted by Gasteiger charge is -2.50. The quantitative estimate of drug-likeness (QED) is 0.126. The number of piperidine rings is 1. The van der Waals surface area contributed by atoms with E-state index in [2.05, 4.69) is 0 Å². The number of Topliss-reactive ketones (excluding diaryl/α,β-unsaturated/α-hetero) is 3. The molecule has 4 unspecified atom stereocenters. The van der Waals surface area contributed by atoms with Crippen LogP contribution in [0.5, 0.6) is 0 Å². The van der Waals surface area contributed by atoms with Crippen molar-refractivity contribution in [3.05, 3.63) is 47.6 Å². The number of aliphatic hydroxyl groups excluding tert-OH is 1. The molecule has 1 saturated carbocycles. The fourth-order valence-electron chi connectivity index (χ4n) is 11.4. The van der Waals surface area contributed by atoms with E-state index in [1.807, 2.05) is 51.2 Å². The fraction of sp³-hybridized carbons (Fsp3) is 0.745. The Morgan fingerprint density at radius 3 is 2.27 bits per heavy atom. The van der Waals surface area contributed by atoms with Gasteiger partial charge in [-0.2, -0.15) is 0 Å². The number of amides is 1. The number of carbonyl (C=O) groups is 5. The maximum absolute atomic E-state index is 14.5. The number of methoxy groups -OCH3 is 3. The third-order valence-electron chi connectivity index (χ3n) is 15.5. The highest BCUT2D eigenvalue weighted by atomic mass is 31.1. The van der Waals surface area contributed by atoms with Gasteiger partial charge in [0.05, 0.1) is 26.1 Å². The lowest BCUT2D eigenvalue weighted by molar-refractivity contribution is -0.266. The third kappa shape index (κ3) is 12.6. The molecule has 4 aliphatic heterocycles. The predicted molar refractivity (Wildman–Crippen MR) is 251 cm³/mol. The van der Waals surface area contributed by atoms with Gasteiger partial charge in [-0.3, -0.25) is 19.2 Å². The lowest BCUT2D eigenvalue weighted by atomic mass is 9.68. The third-order valence-corrected chi connectivity index (χ3v) is 17.2. The minimum atomic E-state index is -2.44. The number of ether oxygens (including phenoxy) is 5. The molecule has 1 aliphatic carbocycles. The Balaban J connectivity index is 1.51. The number of hydrogen-bond donors (Lipinski definition) is 2. The van der Waals surface area contributed by atoms with Gasteiger partial charge >= 0.3 is 5.97 Å². The van der Waals surface area contributed by atoms with Crippen LogP contribution in [0.1, 0.15) is 112 Å². The Morgan fingerprint density at radius 1 is 0.879 bits per heavy atom. The summed E-state index contributed by atoms with van der Waals surface area (Å²) in [4.78, 5) is 72.4. The van der Waals surface area contributed by atoms with Crippen LogP contribution in [0.2, 0.25) is 0 Å². The Bertz CT molecular complexity index is 1890. The number of fused-ring (bicyclic) bond motifs is 4. The van der Waals surface area contributed by atoms with Crippen molar-refractivity contribution in [3.63, 3.8) is 0 Å². The van der Waals surface area contributed by atoms with E-state index in [9.17, 15) is 38.8 Å². The van der Waals surface area contributed by atoms with Crippen LogP contribution in [0.3, 0.4) is 0 Å². The second-order valence-electron chi connectivity index (χ2n) is 20.2. The van der Waals surface area contributed by atoms with E-state index in [0.29, 0.717) is 63.4 Å². The summed E-state index contributed by atoms with van der Waals surface area (Å²) in [6.07, 6.45) is 12.0. The van der Waals surface area contributed by atoms with Crippen LogP contribution >= 0.6 is 7.80 Å². The minimum Gasteiger partial charge on any atom is -0.460 e. The topological polar surface area (TPSA) is 192 Å². The molecule has 0 aromatic rings. The second kappa shape index (κ2) is 24.0. The zero-order valence-corrected chi connectivity index (χ0v) is 41.9. The van der Waals surface area contributed by atoms with Gasteiger partial charge in [0.2, 0.25) is 5.79 Å². The molecule has 0 radical (unpaired) electrons. The molecule has 370 valence electrons. The van der Waals surface area contributed by atoms with E-state index < -0.39 is 91.5 Å². The first-order valence-electron chi connectivity index (χ1n) is 24.2. The zero-order chi connectivity index (χ0) is 48.6. The van der Waals surface area contributed by atoms with Crippen molar-refractivity contribution in [3.8, 4) is 0 Å². The first-order valence-corrected chi connectivity index (χ1v) is 26.2. The summed E-state index contributed by atoms with van der Waals surface area (Å²) in [7, 11) is 2.72. The molecule has 5 aliphatic rings. The van der Waals surface area contributed by atoms with Crippen LogP contribution in [0.15, 0.2) is 47.6 Å². The van der Waals surface area contributed by atoms with E-state index in [1.165, 1.54) is 12.0 Å². The molecule has 3 saturated heterocycles. The zero-order valence-electron chi connectivity index (χ0n) is 40.9. The molecule has 4 heterocycles. The first kappa shape index (κ1) is 53.8. The molecule has 0 aromatic carbocycles. The minimum absolute atomic E-state index is 0.0213. The molecule has 17 atom stereocenters. The SMILES string of the molecule is CO[C@H]1C[C@@H]2CC[C@@H](C)[C@@](O)(O2)C(=O)C(=O)N2CCC[C@@H]3C(C[C@@H]4CCC([PH](C)=O)[C@H](OC)C4)[C@H](CC(=O)C(C)/C=C(\C)[C@@H](O)[C@@H](OC)C(=O)[C@H](C)C[C@H](C)/C=C/C=C/C=C/1C)OC(=O)[C@H]32. The normalized spacial score (nSPS) is 42.7. The highest BCUT2D eigenvalue weighted by Gasteiger charge is 2.57. The van der Waals surface area contributed by atoms with Gasteiger partial charge in [-0.15, -0.1) is 0 Å². The standard InChI is InChI=1S/C51H78NO13P/c1-29-15-12-11-13-16-30(2)40(61-7)27-36-20-18-34(6)51(59,65-36)48(56)49(57)52-22-14-17-37-38(25-35-19-21-43(66(10)60)42(26-35)62-8)41(64-50(58)44(37)52)28-39(53)31(3)24-33(5)46(55)47(63-9)45(54)32(4)23-29/h11-13,15-16,24,29,31-32,34-38,40-44,46-47,55,59,66H,14,17-23,25-28H2,1-10H3/b13-11+,15-12+,30-16+,33-24+/t29-,31?,32-,34-,35+,36+,37-,38?,40+,41+,42-,43?,44+,46-,47+,51-/m1/s1. The number of hydrogen-bond acceptors (Lipinski definition) is 13. The van der Waals surface area contributed by atoms with E-state index in [-0.39, 0.29) is 54.0 Å². The molecule has 0 spiro atoms. The highest BCUT2D eigenvalue weighted by Crippen LogP contribution is 2.47. The molecule has 1 amide bonds. The Labute approximate surface area is 393 Å². The smallest absolute Gasteiger partial charge is 0.329 e. The lowest BCUT2D eigenvalue weighted by Crippen LogP contribution is -2.65. The number of nitrogens with zero attached hydrogens (tertiary/aromatic N) is 1. The largest absolute Gasteiger partial charge is 0.460 e. The number of esters is 1. The van der Waals surface area contributed by atoms with Gasteiger partial charge in [0.1, 0.15) is 30.1 Å². The second-order valence-corrected chi connectivity index (χ2v) is 22.1. The van der Waals surface area contributed by atoms with Crippen LogP contribution in [-0.4, -0.2) is 133 Å². The van der Waals surface area contributed by atoms with E-state index >= 15 is 0 Å². The molecule has 14 nitrogen and oxygen atoms in total. The molecular formula is C51H78NO13P. The molecule has 66 heavy (non-hydrogen) atoms. The van der Waals surface area contributed by atoms with Crippen molar-refractivity contribution in [2.75, 3.05) is 34.5 Å². The first-order chi connectivity index (χ1) is 31.2. The van der Waals surface area contributed by atoms with E-state index in [4.69, 9.17) is 23.7 Å². The van der Waals surface area contributed by atoms with E-state index in [0.717, 1.165) is 12.0 Å². The molecule has 4 bridgehead atoms. The van der Waals surface area contributed by atoms with Crippen LogP contribution < -0.4 is 0 Å². The summed E-state index contributed by atoms with van der Waals surface area (Å²) in [6.45, 7) is 12.6. The van der Waals surface area contributed by atoms with Crippen molar-refractivity contribution in [1.29, 1.82) is 0 Å². The van der Waals surface area contributed by atoms with Gasteiger partial charge in [0.15, 0.2) is 5.78 Å². The Kier molecular flexibility index (Phi) is 19.5. The molecule has 2 N–H and O–H groups in total. The van der Waals surface area contributed by atoms with Crippen LogP contribution in [0.25, 0.3) is 0 Å². The summed E-state index contributed by atoms with van der Waals surface area (Å²) < 4.78 is 42.4. The van der Waals surface area contributed by atoms with Crippen LogP contribution in [-0.2, 0) is 52.2 Å². The summed E-state index contributed by atoms with van der Waals surface area (Å²) >= 11 is 0. The maximum atomic E-state index is 14.5. The molecule has 5 rings (SSSR count). The van der Waals surface area contributed by atoms with Crippen LogP contribution in [0, 0.1) is 41.4 Å². The van der Waals surface area contributed by atoms with Gasteiger partial charge in [-0.05, 0) is 107 Å². The number of rotatable bonds is 6. The van der Waals surface area contributed by atoms with Gasteiger partial charge in [0.25, 0.3) is 11.7 Å². The molecular weight excluding hydrogens is 866 g/mol. The average Bonchev–Trinajstić information content (AvgIpc) is 3.29. The van der Waals surface area contributed by atoms with Crippen LogP contribution in [0.4, 0.5) is 0 Å². The maximum Gasteiger partial charge on any atom is 0.329 e. The fourth-order valence-corrected chi connectivity index (χ4v) is 12.8. The number of aliphatic hydroxyl groups is 2. The Hall–Kier alpha value is -3.10. The summed E-state index contributed by atoms with van der Waals surface area (Å²) in [5.41, 5.74) is 1.23. The van der Waals surface area contributed by atoms with Gasteiger partial charge in [-0.1, -0.05) is 64.2 Å². The number of carbonyl (C=O) groups excluding carboxylic acids is 5. The summed E-state index contributed by atoms with van der Waals surface area (Å²) in [6, 6.07) is -1.13. The van der Waals surface area contributed by atoms with Gasteiger partial charge in [0, 0.05) is 70.0 Å². The van der Waals surface area contributed by atoms with Gasteiger partial charge < -0.3 is 43.4 Å². The van der Waals surface area contributed by atoms with E-state index in [1.54, 1.807) is 47.7 Å². The Morgan fingerprint density at radius 2 is 1.61 bits per heavy atom. The molecule has 4 fully saturated rings. The number of allylic oxidation sites excluding steroid dienone is 6. The van der Waals surface area contributed by atoms with Crippen molar-refractivity contribution in [1.82, 2.24) is 4.90 Å². The predicted octanol–water partition coefficient (Wildman–Crippen LogP) is 6.60. The average molecular weight is 944 g/mol. The molecule has 0 aromatic heterocycles. The monoisotopic (exact) mass is 944 g/mol. The van der Waals surface area contributed by atoms with Crippen molar-refractivity contribution >= 4 is 37.0 Å². The summed E-state index contributed by atoms with van der Waals surface area (Å²) in [5.74, 6) is -8.40. The molecule has 15 heteroatoms.